The maximum Gasteiger partial charge on any atom is 0.303 e. The fraction of sp³-hybridized carbons (Fsp3) is 0.727. The van der Waals surface area contributed by atoms with E-state index in [-0.39, 0.29) is 24.2 Å². The average molecular weight is 408 g/mol. The maximum absolute atomic E-state index is 10.6. The summed E-state index contributed by atoms with van der Waals surface area (Å²) < 4.78 is 0. The number of thioether (sulfide) groups is 1. The first kappa shape index (κ1) is 23.0. The van der Waals surface area contributed by atoms with Gasteiger partial charge in [0, 0.05) is 31.1 Å². The molecule has 0 aromatic rings. The maximum atomic E-state index is 10.6. The van der Waals surface area contributed by atoms with Gasteiger partial charge in [-0.2, -0.15) is 0 Å². The summed E-state index contributed by atoms with van der Waals surface area (Å²) in [6, 6.07) is 0. The van der Waals surface area contributed by atoms with Gasteiger partial charge >= 0.3 is 5.97 Å². The third-order valence-electron chi connectivity index (χ3n) is 5.94. The molecule has 1 aliphatic carbocycles. The monoisotopic (exact) mass is 407 g/mol. The van der Waals surface area contributed by atoms with Crippen LogP contribution in [0.3, 0.4) is 0 Å². The van der Waals surface area contributed by atoms with Gasteiger partial charge in [-0.1, -0.05) is 44.8 Å². The molecule has 28 heavy (non-hydrogen) atoms. The molecule has 0 saturated heterocycles. The van der Waals surface area contributed by atoms with Crippen LogP contribution in [0.2, 0.25) is 0 Å². The highest BCUT2D eigenvalue weighted by molar-refractivity contribution is 8.13. The molecule has 1 saturated carbocycles. The van der Waals surface area contributed by atoms with Crippen molar-refractivity contribution >= 4 is 22.8 Å². The van der Waals surface area contributed by atoms with Crippen LogP contribution in [0.15, 0.2) is 17.1 Å². The normalized spacial score (nSPS) is 31.4. The van der Waals surface area contributed by atoms with Crippen LogP contribution in [0.25, 0.3) is 0 Å². The Balaban J connectivity index is 1.99. The Kier molecular flexibility index (Phi) is 8.60. The molecule has 6 atom stereocenters. The molecular weight excluding hydrogens is 374 g/mol. The first-order valence-electron chi connectivity index (χ1n) is 10.3. The largest absolute Gasteiger partial charge is 0.481 e. The van der Waals surface area contributed by atoms with E-state index < -0.39 is 23.7 Å². The predicted molar refractivity (Wildman–Crippen MR) is 114 cm³/mol. The molecule has 3 N–H and O–H groups in total. The minimum absolute atomic E-state index is 0.0314. The second-order valence-corrected chi connectivity index (χ2v) is 9.24. The van der Waals surface area contributed by atoms with Crippen LogP contribution in [0, 0.1) is 30.1 Å². The molecule has 0 aromatic carbocycles. The standard InChI is InChI=1S/C22H33NO4S/c1-4-6-8-15(3)18(24)11-10-16-17-13-20(28-12-7-9-21(26)27)23-22(17,5-2)14-19(16)25/h2,10-11,15-19,24-25H,4,6-9,12-14H2,1,3H3,(H,26,27). The molecule has 2 aliphatic rings. The van der Waals surface area contributed by atoms with Gasteiger partial charge in [-0.05, 0) is 24.5 Å². The van der Waals surface area contributed by atoms with Crippen LogP contribution >= 0.6 is 11.8 Å². The van der Waals surface area contributed by atoms with Gasteiger partial charge in [-0.15, -0.1) is 18.2 Å². The zero-order valence-corrected chi connectivity index (χ0v) is 17.7. The molecule has 1 fully saturated rings. The summed E-state index contributed by atoms with van der Waals surface area (Å²) >= 11 is 1.57. The van der Waals surface area contributed by atoms with Crippen molar-refractivity contribution in [2.75, 3.05) is 5.75 Å². The lowest BCUT2D eigenvalue weighted by Crippen LogP contribution is -2.27. The van der Waals surface area contributed by atoms with Crippen LogP contribution in [-0.4, -0.2) is 49.8 Å². The van der Waals surface area contributed by atoms with Crippen LogP contribution in [0.4, 0.5) is 0 Å². The van der Waals surface area contributed by atoms with E-state index in [1.807, 2.05) is 19.1 Å². The second kappa shape index (κ2) is 10.5. The SMILES string of the molecule is C#CC12CC(O)C(C=CC(O)C(C)CCCC)C1CC(SCCCC(=O)O)=N2. The van der Waals surface area contributed by atoms with Crippen molar-refractivity contribution in [3.63, 3.8) is 0 Å². The van der Waals surface area contributed by atoms with Crippen LogP contribution < -0.4 is 0 Å². The molecule has 0 radical (unpaired) electrons. The van der Waals surface area contributed by atoms with Crippen molar-refractivity contribution in [2.45, 2.75) is 76.5 Å². The molecule has 2 rings (SSSR count). The van der Waals surface area contributed by atoms with Crippen molar-refractivity contribution in [1.82, 2.24) is 0 Å². The van der Waals surface area contributed by atoms with E-state index in [0.29, 0.717) is 25.0 Å². The van der Waals surface area contributed by atoms with Crippen LogP contribution in [-0.2, 0) is 4.79 Å². The summed E-state index contributed by atoms with van der Waals surface area (Å²) in [4.78, 5) is 15.4. The number of rotatable bonds is 10. The lowest BCUT2D eigenvalue weighted by molar-refractivity contribution is -0.137. The number of terminal acetylenes is 1. The summed E-state index contributed by atoms with van der Waals surface area (Å²) in [5.74, 6) is 2.84. The number of aliphatic carboxylic acids is 1. The highest BCUT2D eigenvalue weighted by atomic mass is 32.2. The Morgan fingerprint density at radius 2 is 2.25 bits per heavy atom. The molecule has 0 aromatic heterocycles. The Hall–Kier alpha value is -1.29. The fourth-order valence-corrected chi connectivity index (χ4v) is 5.23. The van der Waals surface area contributed by atoms with E-state index in [1.54, 1.807) is 11.8 Å². The highest BCUT2D eigenvalue weighted by Crippen LogP contribution is 2.50. The number of aliphatic hydroxyl groups excluding tert-OH is 2. The summed E-state index contributed by atoms with van der Waals surface area (Å²) in [7, 11) is 0. The molecule has 0 bridgehead atoms. The van der Waals surface area contributed by atoms with Gasteiger partial charge in [0.2, 0.25) is 0 Å². The number of aliphatic hydroxyl groups is 2. The van der Waals surface area contributed by atoms with Crippen LogP contribution in [0.5, 0.6) is 0 Å². The molecule has 6 unspecified atom stereocenters. The van der Waals surface area contributed by atoms with Crippen molar-refractivity contribution in [2.24, 2.45) is 22.7 Å². The van der Waals surface area contributed by atoms with Crippen molar-refractivity contribution in [1.29, 1.82) is 0 Å². The summed E-state index contributed by atoms with van der Waals surface area (Å²) in [6.45, 7) is 4.19. The molecule has 6 heteroatoms. The minimum atomic E-state index is -0.786. The number of aliphatic imine (C=N–C) groups is 1. The fourth-order valence-electron chi connectivity index (χ4n) is 4.18. The van der Waals surface area contributed by atoms with E-state index in [1.165, 1.54) is 0 Å². The van der Waals surface area contributed by atoms with E-state index in [0.717, 1.165) is 24.3 Å². The van der Waals surface area contributed by atoms with Crippen molar-refractivity contribution < 1.29 is 20.1 Å². The van der Waals surface area contributed by atoms with Gasteiger partial charge < -0.3 is 15.3 Å². The quantitative estimate of drug-likeness (QED) is 0.293. The van der Waals surface area contributed by atoms with Gasteiger partial charge in [-0.25, -0.2) is 0 Å². The summed E-state index contributed by atoms with van der Waals surface area (Å²) in [6.07, 6.45) is 13.6. The van der Waals surface area contributed by atoms with Gasteiger partial charge in [-0.3, -0.25) is 9.79 Å². The number of unbranched alkanes of at least 4 members (excludes halogenated alkanes) is 1. The topological polar surface area (TPSA) is 90.1 Å². The Morgan fingerprint density at radius 3 is 2.89 bits per heavy atom. The van der Waals surface area contributed by atoms with Crippen LogP contribution in [0.1, 0.15) is 58.8 Å². The van der Waals surface area contributed by atoms with Gasteiger partial charge in [0.05, 0.1) is 17.3 Å². The van der Waals surface area contributed by atoms with Gasteiger partial charge in [0.15, 0.2) is 0 Å². The first-order chi connectivity index (χ1) is 13.3. The van der Waals surface area contributed by atoms with E-state index in [2.05, 4.69) is 12.8 Å². The number of carboxylic acid groups (broad SMARTS) is 1. The molecule has 5 nitrogen and oxygen atoms in total. The second-order valence-electron chi connectivity index (χ2n) is 8.07. The molecule has 1 heterocycles. The predicted octanol–water partition coefficient (Wildman–Crippen LogP) is 3.50. The lowest BCUT2D eigenvalue weighted by Gasteiger charge is -2.22. The third-order valence-corrected chi connectivity index (χ3v) is 7.03. The first-order valence-corrected chi connectivity index (χ1v) is 11.3. The number of carboxylic acids is 1. The van der Waals surface area contributed by atoms with E-state index in [9.17, 15) is 15.0 Å². The number of hydrogen-bond donors (Lipinski definition) is 3. The van der Waals surface area contributed by atoms with Gasteiger partial charge in [0.1, 0.15) is 5.54 Å². The Morgan fingerprint density at radius 1 is 1.50 bits per heavy atom. The van der Waals surface area contributed by atoms with Crippen molar-refractivity contribution in [3.05, 3.63) is 12.2 Å². The summed E-state index contributed by atoms with van der Waals surface area (Å²) in [5, 5.41) is 30.7. The highest BCUT2D eigenvalue weighted by Gasteiger charge is 2.55. The van der Waals surface area contributed by atoms with E-state index >= 15 is 0 Å². The number of hydrogen-bond acceptors (Lipinski definition) is 5. The Bertz CT molecular complexity index is 641. The lowest BCUT2D eigenvalue weighted by atomic mass is 9.83. The molecule has 156 valence electrons. The Labute approximate surface area is 172 Å². The summed E-state index contributed by atoms with van der Waals surface area (Å²) in [5.41, 5.74) is -0.678. The third kappa shape index (κ3) is 5.62. The van der Waals surface area contributed by atoms with Crippen molar-refractivity contribution in [3.8, 4) is 12.3 Å². The molecule has 1 aliphatic heterocycles. The molecular formula is C22H33NO4S. The smallest absolute Gasteiger partial charge is 0.303 e. The number of nitrogens with zero attached hydrogens (tertiary/aromatic N) is 1. The zero-order valence-electron chi connectivity index (χ0n) is 16.9. The zero-order chi connectivity index (χ0) is 20.7. The molecule has 0 amide bonds. The van der Waals surface area contributed by atoms with E-state index in [4.69, 9.17) is 16.5 Å². The average Bonchev–Trinajstić information content (AvgIpc) is 3.13. The minimum Gasteiger partial charge on any atom is -0.481 e. The molecule has 0 spiro atoms. The number of carbonyl (C=O) groups is 1. The van der Waals surface area contributed by atoms with Gasteiger partial charge in [0.25, 0.3) is 0 Å². The number of fused-ring (bicyclic) bond motifs is 1.